The van der Waals surface area contributed by atoms with Gasteiger partial charge in [0.25, 0.3) is 0 Å². The fraction of sp³-hybridized carbons (Fsp3) is 0.909. The van der Waals surface area contributed by atoms with Crippen LogP contribution in [0.2, 0.25) is 0 Å². The maximum atomic E-state index is 5.25. The number of unbranched alkanes of at least 4 members (excludes halogenated alkanes) is 1. The van der Waals surface area contributed by atoms with Crippen LogP contribution in [0.1, 0.15) is 32.6 Å². The molecule has 0 aromatic carbocycles. The van der Waals surface area contributed by atoms with Gasteiger partial charge in [0.1, 0.15) is 0 Å². The molecule has 2 N–H and O–H groups in total. The van der Waals surface area contributed by atoms with Crippen LogP contribution in [-0.2, 0) is 0 Å². The van der Waals surface area contributed by atoms with Crippen LogP contribution in [0.3, 0.4) is 0 Å². The van der Waals surface area contributed by atoms with Gasteiger partial charge in [-0.15, -0.1) is 0 Å². The molecule has 0 spiro atoms. The van der Waals surface area contributed by atoms with Gasteiger partial charge >= 0.3 is 0 Å². The molecule has 0 aromatic heterocycles. The molecule has 88 valence electrons. The molecule has 1 saturated heterocycles. The van der Waals surface area contributed by atoms with Crippen LogP contribution in [0.15, 0.2) is 0 Å². The number of likely N-dealkylation sites (tertiary alicyclic amines) is 1. The van der Waals surface area contributed by atoms with Crippen molar-refractivity contribution in [3.8, 4) is 0 Å². The molecule has 3 nitrogen and oxygen atoms in total. The van der Waals surface area contributed by atoms with Crippen molar-refractivity contribution in [1.29, 1.82) is 0 Å². The maximum Gasteiger partial charge on any atom is 0.166 e. The Kier molecular flexibility index (Phi) is 5.95. The van der Waals surface area contributed by atoms with Crippen LogP contribution in [0.25, 0.3) is 0 Å². The van der Waals surface area contributed by atoms with E-state index < -0.39 is 0 Å². The van der Waals surface area contributed by atoms with E-state index in [1.807, 2.05) is 0 Å². The number of likely N-dealkylation sites (N-methyl/N-ethyl adjacent to an activating group) is 1. The van der Waals surface area contributed by atoms with Crippen LogP contribution in [-0.4, -0.2) is 42.7 Å². The first kappa shape index (κ1) is 12.7. The highest BCUT2D eigenvalue weighted by Gasteiger charge is 2.17. The molecule has 15 heavy (non-hydrogen) atoms. The van der Waals surface area contributed by atoms with Gasteiger partial charge < -0.3 is 15.5 Å². The zero-order chi connectivity index (χ0) is 11.1. The summed E-state index contributed by atoms with van der Waals surface area (Å²) in [5.74, 6) is 0. The largest absolute Gasteiger partial charge is 0.363 e. The lowest BCUT2D eigenvalue weighted by atomic mass is 10.1. The van der Waals surface area contributed by atoms with Crippen molar-refractivity contribution in [3.63, 3.8) is 0 Å². The molecule has 1 aliphatic heterocycles. The highest BCUT2D eigenvalue weighted by molar-refractivity contribution is 7.80. The molecular formula is C11H23N3S. The van der Waals surface area contributed by atoms with E-state index in [9.17, 15) is 0 Å². The van der Waals surface area contributed by atoms with Crippen molar-refractivity contribution in [2.45, 2.75) is 38.6 Å². The minimum absolute atomic E-state index is 0.533. The molecule has 1 atom stereocenters. The summed E-state index contributed by atoms with van der Waals surface area (Å²) in [4.78, 5) is 2.36. The Hall–Kier alpha value is -0.350. The van der Waals surface area contributed by atoms with Crippen LogP contribution >= 0.6 is 12.2 Å². The van der Waals surface area contributed by atoms with Gasteiger partial charge in [-0.1, -0.05) is 13.3 Å². The number of thiocarbonyl (C=S) groups is 1. The summed E-state index contributed by atoms with van der Waals surface area (Å²) in [5.41, 5.74) is 0. The Morgan fingerprint density at radius 3 is 3.00 bits per heavy atom. The van der Waals surface area contributed by atoms with Crippen molar-refractivity contribution in [1.82, 2.24) is 15.5 Å². The highest BCUT2D eigenvalue weighted by Crippen LogP contribution is 2.07. The Balaban J connectivity index is 2.13. The smallest absolute Gasteiger partial charge is 0.166 e. The van der Waals surface area contributed by atoms with E-state index in [-0.39, 0.29) is 0 Å². The third-order valence-corrected chi connectivity index (χ3v) is 3.04. The third kappa shape index (κ3) is 5.33. The molecule has 1 aliphatic rings. The van der Waals surface area contributed by atoms with Crippen LogP contribution in [0.4, 0.5) is 0 Å². The standard InChI is InChI=1S/C11H23N3S/c1-3-4-7-12-11(15)13-10-6-5-8-14(2)9-10/h10H,3-9H2,1-2H3,(H2,12,13,15). The van der Waals surface area contributed by atoms with Gasteiger partial charge in [0.05, 0.1) is 0 Å². The summed E-state index contributed by atoms with van der Waals surface area (Å²) in [6, 6.07) is 0.533. The van der Waals surface area contributed by atoms with E-state index in [0.717, 1.165) is 18.2 Å². The van der Waals surface area contributed by atoms with Gasteiger partial charge in [0.15, 0.2) is 5.11 Å². The summed E-state index contributed by atoms with van der Waals surface area (Å²) < 4.78 is 0. The second-order valence-corrected chi connectivity index (χ2v) is 4.76. The Bertz CT molecular complexity index is 196. The second kappa shape index (κ2) is 7.01. The van der Waals surface area contributed by atoms with Gasteiger partial charge in [-0.2, -0.15) is 0 Å². The second-order valence-electron chi connectivity index (χ2n) is 4.36. The number of rotatable bonds is 4. The van der Waals surface area contributed by atoms with E-state index >= 15 is 0 Å². The lowest BCUT2D eigenvalue weighted by Crippen LogP contribution is -2.49. The molecule has 0 amide bonds. The van der Waals surface area contributed by atoms with Crippen molar-refractivity contribution in [2.24, 2.45) is 0 Å². The molecule has 0 bridgehead atoms. The van der Waals surface area contributed by atoms with E-state index in [1.54, 1.807) is 0 Å². The molecule has 1 unspecified atom stereocenters. The lowest BCUT2D eigenvalue weighted by molar-refractivity contribution is 0.241. The van der Waals surface area contributed by atoms with Gasteiger partial charge in [-0.25, -0.2) is 0 Å². The minimum atomic E-state index is 0.533. The average Bonchev–Trinajstić information content (AvgIpc) is 2.18. The molecular weight excluding hydrogens is 206 g/mol. The number of piperidine rings is 1. The number of hydrogen-bond acceptors (Lipinski definition) is 2. The zero-order valence-corrected chi connectivity index (χ0v) is 10.7. The van der Waals surface area contributed by atoms with Crippen molar-refractivity contribution < 1.29 is 0 Å². The number of nitrogens with zero attached hydrogens (tertiary/aromatic N) is 1. The van der Waals surface area contributed by atoms with Crippen LogP contribution in [0.5, 0.6) is 0 Å². The molecule has 0 aromatic rings. The minimum Gasteiger partial charge on any atom is -0.363 e. The van der Waals surface area contributed by atoms with Gasteiger partial charge in [0.2, 0.25) is 0 Å². The SMILES string of the molecule is CCCCNC(=S)NC1CCCN(C)C1. The van der Waals surface area contributed by atoms with Gasteiger partial charge in [0, 0.05) is 19.1 Å². The van der Waals surface area contributed by atoms with E-state index in [0.29, 0.717) is 6.04 Å². The van der Waals surface area contributed by atoms with Crippen molar-refractivity contribution in [3.05, 3.63) is 0 Å². The quantitative estimate of drug-likeness (QED) is 0.562. The van der Waals surface area contributed by atoms with Gasteiger partial charge in [-0.3, -0.25) is 0 Å². The molecule has 0 aliphatic carbocycles. The number of nitrogens with one attached hydrogen (secondary N) is 2. The topological polar surface area (TPSA) is 27.3 Å². The van der Waals surface area contributed by atoms with Crippen LogP contribution in [0, 0.1) is 0 Å². The first-order valence-corrected chi connectivity index (χ1v) is 6.36. The first-order valence-electron chi connectivity index (χ1n) is 5.95. The highest BCUT2D eigenvalue weighted by atomic mass is 32.1. The fourth-order valence-corrected chi connectivity index (χ4v) is 2.17. The van der Waals surface area contributed by atoms with E-state index in [1.165, 1.54) is 32.2 Å². The van der Waals surface area contributed by atoms with E-state index in [4.69, 9.17) is 12.2 Å². The Morgan fingerprint density at radius 1 is 1.53 bits per heavy atom. The van der Waals surface area contributed by atoms with Crippen molar-refractivity contribution >= 4 is 17.3 Å². The maximum absolute atomic E-state index is 5.25. The average molecular weight is 229 g/mol. The normalized spacial score (nSPS) is 22.4. The summed E-state index contributed by atoms with van der Waals surface area (Å²) in [5, 5.41) is 7.46. The third-order valence-electron chi connectivity index (χ3n) is 2.78. The molecule has 1 fully saturated rings. The molecule has 1 rings (SSSR count). The lowest BCUT2D eigenvalue weighted by Gasteiger charge is -2.31. The number of hydrogen-bond donors (Lipinski definition) is 2. The summed E-state index contributed by atoms with van der Waals surface area (Å²) in [6.07, 6.45) is 4.90. The monoisotopic (exact) mass is 229 g/mol. The van der Waals surface area contributed by atoms with Crippen LogP contribution < -0.4 is 10.6 Å². The predicted octanol–water partition coefficient (Wildman–Crippen LogP) is 1.34. The Labute approximate surface area is 98.6 Å². The van der Waals surface area contributed by atoms with E-state index in [2.05, 4.69) is 29.5 Å². The summed E-state index contributed by atoms with van der Waals surface area (Å²) in [6.45, 7) is 5.50. The fourth-order valence-electron chi connectivity index (χ4n) is 1.90. The summed E-state index contributed by atoms with van der Waals surface area (Å²) in [7, 11) is 2.17. The molecule has 4 heteroatoms. The zero-order valence-electron chi connectivity index (χ0n) is 9.88. The predicted molar refractivity (Wildman–Crippen MR) is 69.2 cm³/mol. The molecule has 0 radical (unpaired) electrons. The first-order chi connectivity index (χ1) is 7.22. The molecule has 0 saturated carbocycles. The Morgan fingerprint density at radius 2 is 2.33 bits per heavy atom. The molecule has 1 heterocycles. The van der Waals surface area contributed by atoms with Gasteiger partial charge in [-0.05, 0) is 45.1 Å². The summed E-state index contributed by atoms with van der Waals surface area (Å²) >= 11 is 5.25. The van der Waals surface area contributed by atoms with Crippen molar-refractivity contribution in [2.75, 3.05) is 26.7 Å².